The van der Waals surface area contributed by atoms with Gasteiger partial charge in [-0.25, -0.2) is 8.42 Å². The maximum absolute atomic E-state index is 11.0. The zero-order valence-corrected chi connectivity index (χ0v) is 19.1. The van der Waals surface area contributed by atoms with Crippen LogP contribution in [0.2, 0.25) is 0 Å². The molecule has 0 radical (unpaired) electrons. The van der Waals surface area contributed by atoms with Crippen molar-refractivity contribution in [2.75, 3.05) is 38.3 Å². The van der Waals surface area contributed by atoms with Crippen LogP contribution in [-0.2, 0) is 14.6 Å². The Labute approximate surface area is 170 Å². The zero-order valence-electron chi connectivity index (χ0n) is 15.9. The Morgan fingerprint density at radius 3 is 2.40 bits per heavy atom. The van der Waals surface area contributed by atoms with Gasteiger partial charge in [-0.3, -0.25) is 4.99 Å². The Morgan fingerprint density at radius 1 is 1.16 bits per heavy atom. The molecule has 0 aromatic rings. The fraction of sp³-hybridized carbons (Fsp3) is 0.941. The quantitative estimate of drug-likeness (QED) is 0.214. The molecular weight excluding hydrogens is 453 g/mol. The lowest BCUT2D eigenvalue weighted by Gasteiger charge is -2.30. The average molecular weight is 489 g/mol. The van der Waals surface area contributed by atoms with E-state index in [0.717, 1.165) is 18.4 Å². The Bertz CT molecular complexity index is 464. The van der Waals surface area contributed by atoms with E-state index in [1.807, 2.05) is 0 Å². The summed E-state index contributed by atoms with van der Waals surface area (Å²) >= 11 is 0. The average Bonchev–Trinajstić information content (AvgIpc) is 2.52. The molecule has 1 saturated carbocycles. The number of guanidine groups is 1. The van der Waals surface area contributed by atoms with Gasteiger partial charge in [-0.1, -0.05) is 19.8 Å². The third-order valence-corrected chi connectivity index (χ3v) is 5.24. The third kappa shape index (κ3) is 12.8. The second kappa shape index (κ2) is 14.0. The van der Waals surface area contributed by atoms with E-state index in [2.05, 4.69) is 29.5 Å². The van der Waals surface area contributed by atoms with E-state index in [0.29, 0.717) is 19.2 Å². The van der Waals surface area contributed by atoms with Crippen LogP contribution >= 0.6 is 24.0 Å². The van der Waals surface area contributed by atoms with Crippen LogP contribution in [0.15, 0.2) is 4.99 Å². The summed E-state index contributed by atoms with van der Waals surface area (Å²) < 4.78 is 27.4. The van der Waals surface area contributed by atoms with Gasteiger partial charge in [0.05, 0.1) is 25.5 Å². The predicted molar refractivity (Wildman–Crippen MR) is 116 cm³/mol. The largest absolute Gasteiger partial charge is 0.378 e. The van der Waals surface area contributed by atoms with Crippen molar-refractivity contribution in [1.29, 1.82) is 0 Å². The molecular formula is C17H36IN3O3S. The lowest BCUT2D eigenvalue weighted by molar-refractivity contribution is 0.157. The molecule has 0 unspecified atom stereocenters. The fourth-order valence-electron chi connectivity index (χ4n) is 3.05. The number of nitrogens with zero attached hydrogens (tertiary/aromatic N) is 1. The maximum Gasteiger partial charge on any atom is 0.191 e. The lowest BCUT2D eigenvalue weighted by Crippen LogP contribution is -2.45. The van der Waals surface area contributed by atoms with Crippen molar-refractivity contribution in [3.63, 3.8) is 0 Å². The minimum atomic E-state index is -2.95. The molecule has 1 fully saturated rings. The van der Waals surface area contributed by atoms with Gasteiger partial charge in [0.15, 0.2) is 5.96 Å². The molecule has 0 aliphatic heterocycles. The third-order valence-electron chi connectivity index (χ3n) is 4.33. The van der Waals surface area contributed by atoms with Gasteiger partial charge in [-0.05, 0) is 38.5 Å². The Morgan fingerprint density at radius 2 is 1.84 bits per heavy atom. The van der Waals surface area contributed by atoms with Gasteiger partial charge in [0.2, 0.25) is 0 Å². The van der Waals surface area contributed by atoms with Crippen molar-refractivity contribution in [3.8, 4) is 0 Å². The summed E-state index contributed by atoms with van der Waals surface area (Å²) in [7, 11) is -2.95. The van der Waals surface area contributed by atoms with Crippen molar-refractivity contribution < 1.29 is 13.2 Å². The van der Waals surface area contributed by atoms with E-state index in [1.54, 1.807) is 0 Å². The minimum Gasteiger partial charge on any atom is -0.378 e. The standard InChI is InChI=1S/C17H35N3O3S.HI/c1-4-6-15-7-9-16(10-8-15)20-17(18-5-2)19-11-12-23-13-14-24(3,21)22;/h15-16H,4-14H2,1-3H3,(H2,18,19,20);1H. The number of hydrogen-bond acceptors (Lipinski definition) is 4. The predicted octanol–water partition coefficient (Wildman–Crippen LogP) is 2.58. The zero-order chi connectivity index (χ0) is 17.8. The molecule has 150 valence electrons. The van der Waals surface area contributed by atoms with Crippen molar-refractivity contribution in [1.82, 2.24) is 10.6 Å². The van der Waals surface area contributed by atoms with E-state index in [1.165, 1.54) is 44.8 Å². The van der Waals surface area contributed by atoms with Crippen LogP contribution in [0.25, 0.3) is 0 Å². The molecule has 2 N–H and O–H groups in total. The number of ether oxygens (including phenoxy) is 1. The SMILES string of the molecule is CCCC1CCC(NC(=NCCOCCS(C)(=O)=O)NCC)CC1.I. The van der Waals surface area contributed by atoms with Crippen LogP contribution in [-0.4, -0.2) is 58.7 Å². The number of nitrogens with one attached hydrogen (secondary N) is 2. The van der Waals surface area contributed by atoms with E-state index in [9.17, 15) is 8.42 Å². The van der Waals surface area contributed by atoms with Crippen LogP contribution in [0.4, 0.5) is 0 Å². The highest BCUT2D eigenvalue weighted by Crippen LogP contribution is 2.27. The van der Waals surface area contributed by atoms with E-state index >= 15 is 0 Å². The summed E-state index contributed by atoms with van der Waals surface area (Å²) in [5.74, 6) is 1.80. The van der Waals surface area contributed by atoms with E-state index in [-0.39, 0.29) is 36.3 Å². The lowest BCUT2D eigenvalue weighted by atomic mass is 9.83. The van der Waals surface area contributed by atoms with Crippen LogP contribution < -0.4 is 10.6 Å². The van der Waals surface area contributed by atoms with Crippen LogP contribution in [0, 0.1) is 5.92 Å². The number of rotatable bonds is 10. The second-order valence-electron chi connectivity index (χ2n) is 6.65. The molecule has 0 saturated heterocycles. The monoisotopic (exact) mass is 489 g/mol. The van der Waals surface area contributed by atoms with Gasteiger partial charge in [0, 0.05) is 18.8 Å². The Balaban J connectivity index is 0.00000576. The van der Waals surface area contributed by atoms with Gasteiger partial charge in [0.25, 0.3) is 0 Å². The van der Waals surface area contributed by atoms with E-state index < -0.39 is 9.84 Å². The highest BCUT2D eigenvalue weighted by atomic mass is 127. The van der Waals surface area contributed by atoms with Gasteiger partial charge < -0.3 is 15.4 Å². The van der Waals surface area contributed by atoms with Crippen molar-refractivity contribution in [2.24, 2.45) is 10.9 Å². The first-order valence-corrected chi connectivity index (χ1v) is 11.3. The highest BCUT2D eigenvalue weighted by Gasteiger charge is 2.21. The first kappa shape index (κ1) is 24.9. The molecule has 1 aliphatic rings. The summed E-state index contributed by atoms with van der Waals surface area (Å²) in [6.45, 7) is 6.35. The molecule has 0 spiro atoms. The topological polar surface area (TPSA) is 79.8 Å². The first-order valence-electron chi connectivity index (χ1n) is 9.25. The van der Waals surface area contributed by atoms with Gasteiger partial charge >= 0.3 is 0 Å². The normalized spacial score (nSPS) is 21.5. The molecule has 6 nitrogen and oxygen atoms in total. The van der Waals surface area contributed by atoms with Crippen molar-refractivity contribution >= 4 is 39.8 Å². The summed E-state index contributed by atoms with van der Waals surface area (Å²) in [5, 5.41) is 6.79. The molecule has 0 atom stereocenters. The number of hydrogen-bond donors (Lipinski definition) is 2. The highest BCUT2D eigenvalue weighted by molar-refractivity contribution is 14.0. The van der Waals surface area contributed by atoms with Gasteiger partial charge in [0.1, 0.15) is 9.84 Å². The molecule has 0 amide bonds. The maximum atomic E-state index is 11.0. The summed E-state index contributed by atoms with van der Waals surface area (Å²) in [6, 6.07) is 0.502. The summed E-state index contributed by atoms with van der Waals surface area (Å²) in [4.78, 5) is 4.52. The minimum absolute atomic E-state index is 0. The second-order valence-corrected chi connectivity index (χ2v) is 8.91. The fourth-order valence-corrected chi connectivity index (χ4v) is 3.47. The number of halogens is 1. The number of sulfone groups is 1. The van der Waals surface area contributed by atoms with Crippen LogP contribution in [0.5, 0.6) is 0 Å². The molecule has 0 bridgehead atoms. The smallest absolute Gasteiger partial charge is 0.191 e. The summed E-state index contributed by atoms with van der Waals surface area (Å²) in [5.41, 5.74) is 0. The molecule has 1 rings (SSSR count). The summed E-state index contributed by atoms with van der Waals surface area (Å²) in [6.07, 6.45) is 8.88. The first-order chi connectivity index (χ1) is 11.4. The Hall–Kier alpha value is -0.0900. The molecule has 25 heavy (non-hydrogen) atoms. The molecule has 0 heterocycles. The van der Waals surface area contributed by atoms with Gasteiger partial charge in [-0.2, -0.15) is 0 Å². The molecule has 1 aliphatic carbocycles. The number of aliphatic imine (C=N–C) groups is 1. The van der Waals surface area contributed by atoms with Gasteiger partial charge in [-0.15, -0.1) is 24.0 Å². The van der Waals surface area contributed by atoms with Crippen molar-refractivity contribution in [3.05, 3.63) is 0 Å². The van der Waals surface area contributed by atoms with E-state index in [4.69, 9.17) is 4.74 Å². The van der Waals surface area contributed by atoms with Crippen LogP contribution in [0.1, 0.15) is 52.4 Å². The molecule has 8 heteroatoms. The molecule has 0 aromatic carbocycles. The van der Waals surface area contributed by atoms with Crippen molar-refractivity contribution in [2.45, 2.75) is 58.4 Å². The molecule has 0 aromatic heterocycles. The van der Waals surface area contributed by atoms with Crippen LogP contribution in [0.3, 0.4) is 0 Å². The Kier molecular flexibility index (Phi) is 14.0.